The molecule has 7 nitrogen and oxygen atoms in total. The van der Waals surface area contributed by atoms with E-state index in [2.05, 4.69) is 54.7 Å². The summed E-state index contributed by atoms with van der Waals surface area (Å²) in [5, 5.41) is 11.1. The molecule has 1 spiro atoms. The Balaban J connectivity index is 1.58. The monoisotopic (exact) mass is 676 g/mol. The topological polar surface area (TPSA) is 79.3 Å². The average Bonchev–Trinajstić information content (AvgIpc) is 3.44. The molecule has 9 heteroatoms. The fraction of sp³-hybridized carbons (Fsp3) is 0.371. The molecule has 44 heavy (non-hydrogen) atoms. The van der Waals surface area contributed by atoms with Crippen LogP contribution in [-0.4, -0.2) is 62.8 Å². The summed E-state index contributed by atoms with van der Waals surface area (Å²) >= 11 is 3.63. The van der Waals surface area contributed by atoms with Gasteiger partial charge in [-0.3, -0.25) is 9.59 Å². The van der Waals surface area contributed by atoms with Crippen LogP contribution in [0, 0.1) is 5.92 Å². The molecule has 2 aliphatic heterocycles. The third-order valence-electron chi connectivity index (χ3n) is 9.42. The molecule has 3 aromatic rings. The lowest BCUT2D eigenvalue weighted by molar-refractivity contribution is -0.149. The zero-order chi connectivity index (χ0) is 31.6. The average molecular weight is 678 g/mol. The Kier molecular flexibility index (Phi) is 9.51. The van der Waals surface area contributed by atoms with Gasteiger partial charge in [0.1, 0.15) is 5.75 Å². The summed E-state index contributed by atoms with van der Waals surface area (Å²) in [6.45, 7) is 11.4. The van der Waals surface area contributed by atoms with Gasteiger partial charge >= 0.3 is 0 Å². The number of rotatable bonds is 11. The fourth-order valence-electron chi connectivity index (χ4n) is 7.31. The van der Waals surface area contributed by atoms with Crippen molar-refractivity contribution in [1.29, 1.82) is 0 Å². The number of carbonyl (C=O) groups excluding carboxylic acids is 2. The van der Waals surface area contributed by atoms with Crippen molar-refractivity contribution in [2.24, 2.45) is 5.92 Å². The van der Waals surface area contributed by atoms with Crippen LogP contribution in [0.2, 0.25) is 18.6 Å². The molecule has 0 bridgehead atoms. The zero-order valence-corrected chi connectivity index (χ0v) is 28.4. The minimum Gasteiger partial charge on any atom is -0.497 e. The standard InChI is InChI=1S/C35H41BrN2O5Si/c1-6-18-38-30-17-12-26(36)21-29(30)35(34(38)41)24(2)33(44(4,5)28-15-13-27(42-3)14-16-28)31(43-35)22-32(40)37(19-20-39)23-25-10-8-7-9-11-25/h6-17,21,24,31,33,39H,1,18-20,22-23H2,2-5H3/t24-,31+,33-,35+/m0/s1. The van der Waals surface area contributed by atoms with E-state index in [1.807, 2.05) is 60.7 Å². The molecule has 2 amide bonds. The van der Waals surface area contributed by atoms with E-state index < -0.39 is 19.8 Å². The molecular formula is C35H41BrN2O5Si. The Morgan fingerprint density at radius 3 is 2.50 bits per heavy atom. The predicted octanol–water partition coefficient (Wildman–Crippen LogP) is 5.62. The van der Waals surface area contributed by atoms with Gasteiger partial charge in [0.25, 0.3) is 5.91 Å². The van der Waals surface area contributed by atoms with Gasteiger partial charge in [-0.15, -0.1) is 6.58 Å². The highest BCUT2D eigenvalue weighted by Gasteiger charge is 2.66. The van der Waals surface area contributed by atoms with Crippen molar-refractivity contribution in [3.05, 3.63) is 101 Å². The van der Waals surface area contributed by atoms with Crippen molar-refractivity contribution in [2.45, 2.75) is 50.2 Å². The summed E-state index contributed by atoms with van der Waals surface area (Å²) < 4.78 is 13.4. The van der Waals surface area contributed by atoms with Gasteiger partial charge in [0.05, 0.1) is 40.0 Å². The highest BCUT2D eigenvalue weighted by molar-refractivity contribution is 9.10. The molecule has 3 aromatic carbocycles. The zero-order valence-electron chi connectivity index (χ0n) is 25.8. The lowest BCUT2D eigenvalue weighted by atomic mass is 9.82. The van der Waals surface area contributed by atoms with Crippen LogP contribution in [-0.2, 0) is 26.5 Å². The number of aliphatic hydroxyl groups is 1. The first-order chi connectivity index (χ1) is 21.1. The Labute approximate surface area is 269 Å². The molecule has 0 aliphatic carbocycles. The number of halogens is 1. The van der Waals surface area contributed by atoms with Gasteiger partial charge in [-0.1, -0.05) is 89.7 Å². The molecule has 0 saturated carbocycles. The van der Waals surface area contributed by atoms with Crippen LogP contribution < -0.4 is 14.8 Å². The minimum absolute atomic E-state index is 0.0768. The number of hydrogen-bond acceptors (Lipinski definition) is 5. The summed E-state index contributed by atoms with van der Waals surface area (Å²) in [6, 6.07) is 23.8. The maximum absolute atomic E-state index is 14.5. The second-order valence-corrected chi connectivity index (χ2v) is 17.9. The minimum atomic E-state index is -2.40. The normalized spacial score (nSPS) is 22.7. The van der Waals surface area contributed by atoms with E-state index in [0.717, 1.165) is 27.0 Å². The number of nitrogens with zero attached hydrogens (tertiary/aromatic N) is 2. The van der Waals surface area contributed by atoms with E-state index in [-0.39, 0.29) is 42.8 Å². The van der Waals surface area contributed by atoms with E-state index in [0.29, 0.717) is 13.1 Å². The number of methoxy groups -OCH3 is 1. The highest BCUT2D eigenvalue weighted by Crippen LogP contribution is 2.60. The van der Waals surface area contributed by atoms with Gasteiger partial charge in [-0.2, -0.15) is 0 Å². The number of hydrogen-bond donors (Lipinski definition) is 1. The molecule has 232 valence electrons. The number of anilines is 1. The summed E-state index contributed by atoms with van der Waals surface area (Å²) in [4.78, 5) is 32.0. The van der Waals surface area contributed by atoms with E-state index in [1.165, 1.54) is 5.19 Å². The Hall–Kier alpha value is -3.24. The van der Waals surface area contributed by atoms with E-state index in [4.69, 9.17) is 9.47 Å². The second-order valence-electron chi connectivity index (χ2n) is 12.3. The maximum Gasteiger partial charge on any atom is 0.264 e. The number of aliphatic hydroxyl groups excluding tert-OH is 1. The Morgan fingerprint density at radius 2 is 1.86 bits per heavy atom. The molecule has 4 atom stereocenters. The van der Waals surface area contributed by atoms with E-state index in [9.17, 15) is 14.7 Å². The molecule has 0 unspecified atom stereocenters. The molecule has 2 heterocycles. The SMILES string of the molecule is C=CCN1C(=O)[C@]2(O[C@H](CC(=O)N(CCO)Cc3ccccc3)[C@@H]([Si](C)(C)c3ccc(OC)cc3)[C@@H]2C)c2cc(Br)ccc21. The van der Waals surface area contributed by atoms with Crippen LogP contribution in [0.5, 0.6) is 5.75 Å². The van der Waals surface area contributed by atoms with Crippen molar-refractivity contribution in [3.63, 3.8) is 0 Å². The summed E-state index contributed by atoms with van der Waals surface area (Å²) in [7, 11) is -0.752. The van der Waals surface area contributed by atoms with Gasteiger partial charge in [-0.05, 0) is 41.4 Å². The second kappa shape index (κ2) is 13.0. The quantitative estimate of drug-likeness (QED) is 0.211. The number of ether oxygens (including phenoxy) is 2. The van der Waals surface area contributed by atoms with Crippen molar-refractivity contribution >= 4 is 46.7 Å². The first kappa shape index (κ1) is 32.2. The van der Waals surface area contributed by atoms with Gasteiger partial charge < -0.3 is 24.4 Å². The Bertz CT molecular complexity index is 1520. The molecular weight excluding hydrogens is 636 g/mol. The van der Waals surface area contributed by atoms with Crippen molar-refractivity contribution in [1.82, 2.24) is 4.90 Å². The number of amides is 2. The smallest absolute Gasteiger partial charge is 0.264 e. The lowest BCUT2D eigenvalue weighted by Gasteiger charge is -2.37. The van der Waals surface area contributed by atoms with Gasteiger partial charge in [0, 0.05) is 35.6 Å². The molecule has 0 radical (unpaired) electrons. The first-order valence-electron chi connectivity index (χ1n) is 15.1. The van der Waals surface area contributed by atoms with Crippen LogP contribution >= 0.6 is 15.9 Å². The molecule has 0 aromatic heterocycles. The van der Waals surface area contributed by atoms with E-state index >= 15 is 0 Å². The fourth-order valence-corrected chi connectivity index (χ4v) is 11.7. The summed E-state index contributed by atoms with van der Waals surface area (Å²) in [5.74, 6) is 0.334. The first-order valence-corrected chi connectivity index (χ1v) is 18.9. The molecule has 1 N–H and O–H groups in total. The molecule has 5 rings (SSSR count). The maximum atomic E-state index is 14.5. The van der Waals surface area contributed by atoms with Crippen LogP contribution in [0.3, 0.4) is 0 Å². The van der Waals surface area contributed by atoms with E-state index in [1.54, 1.807) is 23.0 Å². The number of benzene rings is 3. The molecule has 1 saturated heterocycles. The predicted molar refractivity (Wildman–Crippen MR) is 180 cm³/mol. The van der Waals surface area contributed by atoms with Crippen LogP contribution in [0.15, 0.2) is 89.9 Å². The summed E-state index contributed by atoms with van der Waals surface area (Å²) in [6.07, 6.45) is 1.32. The molecule has 2 aliphatic rings. The highest BCUT2D eigenvalue weighted by atomic mass is 79.9. The van der Waals surface area contributed by atoms with Crippen LogP contribution in [0.1, 0.15) is 24.5 Å². The number of fused-ring (bicyclic) bond motifs is 2. The van der Waals surface area contributed by atoms with Gasteiger partial charge in [0.2, 0.25) is 5.91 Å². The lowest BCUT2D eigenvalue weighted by Crippen LogP contribution is -2.52. The van der Waals surface area contributed by atoms with Crippen molar-refractivity contribution in [2.75, 3.05) is 31.7 Å². The Morgan fingerprint density at radius 1 is 1.16 bits per heavy atom. The third-order valence-corrected chi connectivity index (χ3v) is 14.3. The van der Waals surface area contributed by atoms with Crippen LogP contribution in [0.4, 0.5) is 5.69 Å². The largest absolute Gasteiger partial charge is 0.497 e. The molecule has 1 fully saturated rings. The van der Waals surface area contributed by atoms with Crippen molar-refractivity contribution < 1.29 is 24.2 Å². The van der Waals surface area contributed by atoms with Crippen molar-refractivity contribution in [3.8, 4) is 5.75 Å². The number of carbonyl (C=O) groups is 2. The van der Waals surface area contributed by atoms with Crippen LogP contribution in [0.25, 0.3) is 0 Å². The van der Waals surface area contributed by atoms with Gasteiger partial charge in [-0.25, -0.2) is 0 Å². The van der Waals surface area contributed by atoms with Gasteiger partial charge in [0.15, 0.2) is 5.60 Å². The summed E-state index contributed by atoms with van der Waals surface area (Å²) in [5.41, 5.74) is 1.30. The third kappa shape index (κ3) is 5.67.